The van der Waals surface area contributed by atoms with E-state index in [-0.39, 0.29) is 6.54 Å². The van der Waals surface area contributed by atoms with Crippen LogP contribution < -0.4 is 5.32 Å². The van der Waals surface area contributed by atoms with Crippen LogP contribution in [0.4, 0.5) is 4.79 Å². The van der Waals surface area contributed by atoms with E-state index in [2.05, 4.69) is 10.3 Å². The minimum Gasteiger partial charge on any atom is -0.452 e. The first kappa shape index (κ1) is 17.7. The van der Waals surface area contributed by atoms with Gasteiger partial charge in [-0.15, -0.1) is 0 Å². The molecule has 7 heteroatoms. The van der Waals surface area contributed by atoms with Gasteiger partial charge in [-0.25, -0.2) is 14.6 Å². The number of hydrogen-bond donors (Lipinski definition) is 1. The number of pyridine rings is 1. The van der Waals surface area contributed by atoms with Crippen molar-refractivity contribution < 1.29 is 19.1 Å². The fourth-order valence-electron chi connectivity index (χ4n) is 3.09. The van der Waals surface area contributed by atoms with Gasteiger partial charge in [0.2, 0.25) is 0 Å². The average molecular weight is 375 g/mol. The molecule has 2 heterocycles. The molecule has 1 aliphatic rings. The number of esters is 1. The van der Waals surface area contributed by atoms with Crippen molar-refractivity contribution in [3.05, 3.63) is 66.2 Å². The van der Waals surface area contributed by atoms with Gasteiger partial charge in [0.05, 0.1) is 16.8 Å². The number of nitrogens with one attached hydrogen (secondary N) is 1. The van der Waals surface area contributed by atoms with Gasteiger partial charge < -0.3 is 10.1 Å². The molecule has 1 saturated heterocycles. The van der Waals surface area contributed by atoms with Gasteiger partial charge in [0.15, 0.2) is 6.61 Å². The lowest BCUT2D eigenvalue weighted by Gasteiger charge is -2.13. The van der Waals surface area contributed by atoms with E-state index in [4.69, 9.17) is 4.74 Å². The Hall–Kier alpha value is -3.74. The third-order valence-corrected chi connectivity index (χ3v) is 4.49. The number of carbonyl (C=O) groups excluding carboxylic acids is 3. The Morgan fingerprint density at radius 1 is 1.07 bits per heavy atom. The number of nitrogens with zero attached hydrogens (tertiary/aromatic N) is 2. The number of hydrogen-bond acceptors (Lipinski definition) is 5. The molecule has 0 spiro atoms. The fraction of sp³-hybridized carbons (Fsp3) is 0.143. The molecule has 2 aromatic carbocycles. The molecule has 0 saturated carbocycles. The van der Waals surface area contributed by atoms with Gasteiger partial charge in [-0.1, -0.05) is 48.5 Å². The van der Waals surface area contributed by atoms with Crippen LogP contribution in [0.25, 0.3) is 22.2 Å². The molecule has 1 fully saturated rings. The van der Waals surface area contributed by atoms with Crippen LogP contribution in [0.3, 0.4) is 0 Å². The Morgan fingerprint density at radius 2 is 1.82 bits per heavy atom. The largest absolute Gasteiger partial charge is 0.452 e. The van der Waals surface area contributed by atoms with Crippen LogP contribution in [0.2, 0.25) is 0 Å². The number of carbonyl (C=O) groups is 3. The molecule has 7 nitrogen and oxygen atoms in total. The monoisotopic (exact) mass is 375 g/mol. The van der Waals surface area contributed by atoms with Crippen molar-refractivity contribution in [2.45, 2.75) is 0 Å². The van der Waals surface area contributed by atoms with Crippen molar-refractivity contribution in [2.24, 2.45) is 0 Å². The van der Waals surface area contributed by atoms with Gasteiger partial charge >= 0.3 is 12.0 Å². The third-order valence-electron chi connectivity index (χ3n) is 4.49. The molecular formula is C21H17N3O4. The Kier molecular flexibility index (Phi) is 4.72. The lowest BCUT2D eigenvalue weighted by atomic mass is 10.0. The quantitative estimate of drug-likeness (QED) is 0.708. The first-order valence-electron chi connectivity index (χ1n) is 8.84. The number of urea groups is 1. The van der Waals surface area contributed by atoms with Gasteiger partial charge in [0.1, 0.15) is 0 Å². The van der Waals surface area contributed by atoms with Gasteiger partial charge in [-0.2, -0.15) is 0 Å². The number of rotatable bonds is 4. The molecule has 140 valence electrons. The minimum absolute atomic E-state index is 0.269. The predicted octanol–water partition coefficient (Wildman–Crippen LogP) is 2.61. The van der Waals surface area contributed by atoms with Gasteiger partial charge in [0.25, 0.3) is 5.91 Å². The smallest absolute Gasteiger partial charge is 0.339 e. The van der Waals surface area contributed by atoms with Crippen molar-refractivity contribution in [3.63, 3.8) is 0 Å². The Morgan fingerprint density at radius 3 is 2.57 bits per heavy atom. The zero-order chi connectivity index (χ0) is 19.5. The van der Waals surface area contributed by atoms with Crippen molar-refractivity contribution >= 4 is 28.8 Å². The third kappa shape index (κ3) is 3.42. The topological polar surface area (TPSA) is 88.6 Å². The van der Waals surface area contributed by atoms with Gasteiger partial charge in [0, 0.05) is 24.0 Å². The van der Waals surface area contributed by atoms with Crippen molar-refractivity contribution in [1.82, 2.24) is 15.2 Å². The molecule has 28 heavy (non-hydrogen) atoms. The first-order chi connectivity index (χ1) is 13.6. The fourth-order valence-corrected chi connectivity index (χ4v) is 3.09. The minimum atomic E-state index is -0.635. The summed E-state index contributed by atoms with van der Waals surface area (Å²) in [4.78, 5) is 42.0. The highest BCUT2D eigenvalue weighted by Gasteiger charge is 2.27. The van der Waals surface area contributed by atoms with Crippen LogP contribution in [0.5, 0.6) is 0 Å². The predicted molar refractivity (Wildman–Crippen MR) is 103 cm³/mol. The van der Waals surface area contributed by atoms with Gasteiger partial charge in [-0.05, 0) is 12.1 Å². The van der Waals surface area contributed by atoms with Gasteiger partial charge in [-0.3, -0.25) is 9.69 Å². The van der Waals surface area contributed by atoms with Crippen molar-refractivity contribution in [2.75, 3.05) is 19.7 Å². The maximum atomic E-state index is 12.7. The summed E-state index contributed by atoms with van der Waals surface area (Å²) in [6.45, 7) is 0.170. The molecule has 4 rings (SSSR count). The summed E-state index contributed by atoms with van der Waals surface area (Å²) in [5.74, 6) is -1.19. The normalized spacial score (nSPS) is 13.4. The second-order valence-corrected chi connectivity index (χ2v) is 6.29. The zero-order valence-electron chi connectivity index (χ0n) is 14.9. The second kappa shape index (κ2) is 7.48. The number of ether oxygens (including phenoxy) is 1. The zero-order valence-corrected chi connectivity index (χ0v) is 14.9. The summed E-state index contributed by atoms with van der Waals surface area (Å²) in [6.07, 6.45) is 0. The molecule has 1 N–H and O–H groups in total. The molecule has 0 bridgehead atoms. The average Bonchev–Trinajstić information content (AvgIpc) is 3.17. The highest BCUT2D eigenvalue weighted by atomic mass is 16.5. The van der Waals surface area contributed by atoms with E-state index in [0.717, 1.165) is 10.5 Å². The summed E-state index contributed by atoms with van der Waals surface area (Å²) in [5, 5.41) is 3.17. The number of amides is 3. The molecule has 3 amide bonds. The second-order valence-electron chi connectivity index (χ2n) is 6.29. The van der Waals surface area contributed by atoms with Crippen molar-refractivity contribution in [3.8, 4) is 11.3 Å². The molecule has 0 aliphatic carbocycles. The number of imide groups is 1. The SMILES string of the molecule is O=C(OCC(=O)N1CCNC1=O)c1cc(-c2ccccc2)nc2ccccc12. The van der Waals surface area contributed by atoms with E-state index >= 15 is 0 Å². The van der Waals surface area contributed by atoms with Crippen molar-refractivity contribution in [1.29, 1.82) is 0 Å². The number of benzene rings is 2. The molecule has 3 aromatic rings. The van der Waals surface area contributed by atoms with E-state index in [1.54, 1.807) is 12.1 Å². The maximum Gasteiger partial charge on any atom is 0.339 e. The van der Waals surface area contributed by atoms with Crippen LogP contribution >= 0.6 is 0 Å². The van der Waals surface area contributed by atoms with E-state index in [0.29, 0.717) is 28.7 Å². The van der Waals surface area contributed by atoms with E-state index in [1.165, 1.54) is 0 Å². The molecule has 1 aliphatic heterocycles. The first-order valence-corrected chi connectivity index (χ1v) is 8.84. The Labute approximate surface area is 160 Å². The van der Waals surface area contributed by atoms with E-state index in [9.17, 15) is 14.4 Å². The van der Waals surface area contributed by atoms with E-state index < -0.39 is 24.5 Å². The number of para-hydroxylation sites is 1. The lowest BCUT2D eigenvalue weighted by molar-refractivity contribution is -0.130. The van der Waals surface area contributed by atoms with Crippen LogP contribution in [0, 0.1) is 0 Å². The van der Waals surface area contributed by atoms with Crippen LogP contribution in [-0.4, -0.2) is 47.5 Å². The summed E-state index contributed by atoms with van der Waals surface area (Å²) in [7, 11) is 0. The molecule has 0 unspecified atom stereocenters. The summed E-state index contributed by atoms with van der Waals surface area (Å²) in [5.41, 5.74) is 2.48. The highest BCUT2D eigenvalue weighted by Crippen LogP contribution is 2.25. The summed E-state index contributed by atoms with van der Waals surface area (Å²) in [6, 6.07) is 17.9. The molecule has 1 aromatic heterocycles. The van der Waals surface area contributed by atoms with Crippen LogP contribution in [0.15, 0.2) is 60.7 Å². The highest BCUT2D eigenvalue weighted by molar-refractivity contribution is 6.05. The lowest BCUT2D eigenvalue weighted by Crippen LogP contribution is -2.37. The Bertz CT molecular complexity index is 1070. The van der Waals surface area contributed by atoms with E-state index in [1.807, 2.05) is 48.5 Å². The maximum absolute atomic E-state index is 12.7. The molecular weight excluding hydrogens is 358 g/mol. The summed E-state index contributed by atoms with van der Waals surface area (Å²) >= 11 is 0. The van der Waals surface area contributed by atoms with Crippen LogP contribution in [-0.2, 0) is 9.53 Å². The Balaban J connectivity index is 1.62. The molecule has 0 atom stereocenters. The number of fused-ring (bicyclic) bond motifs is 1. The number of aromatic nitrogens is 1. The summed E-state index contributed by atoms with van der Waals surface area (Å²) < 4.78 is 5.21. The standard InChI is InChI=1S/C21H17N3O4/c25-19(24-11-10-22-21(24)27)13-28-20(26)16-12-18(14-6-2-1-3-7-14)23-17-9-5-4-8-15(16)17/h1-9,12H,10-11,13H2,(H,22,27). The van der Waals surface area contributed by atoms with Crippen LogP contribution in [0.1, 0.15) is 10.4 Å². The molecule has 0 radical (unpaired) electrons.